The standard InChI is InChI=1S/C7H14FN/c1-7(8)5-4-6-9(2)3/h5H,4,6H2,1-3H3/b7-5+. The Balaban J connectivity index is 3.20. The summed E-state index contributed by atoms with van der Waals surface area (Å²) in [4.78, 5) is 2.03. The van der Waals surface area contributed by atoms with Crippen LogP contribution in [-0.2, 0) is 0 Å². The molecule has 0 rings (SSSR count). The molecule has 0 saturated carbocycles. The molecule has 0 bridgehead atoms. The minimum atomic E-state index is -0.0862. The molecule has 0 aliphatic rings. The minimum Gasteiger partial charge on any atom is -0.309 e. The molecule has 0 amide bonds. The van der Waals surface area contributed by atoms with Crippen molar-refractivity contribution in [1.29, 1.82) is 0 Å². The van der Waals surface area contributed by atoms with Gasteiger partial charge < -0.3 is 4.90 Å². The van der Waals surface area contributed by atoms with Crippen molar-refractivity contribution in [1.82, 2.24) is 4.90 Å². The Morgan fingerprint density at radius 1 is 1.56 bits per heavy atom. The second-order valence-corrected chi connectivity index (χ2v) is 2.38. The molecular weight excluding hydrogens is 117 g/mol. The van der Waals surface area contributed by atoms with Gasteiger partial charge in [-0.1, -0.05) is 6.08 Å². The fraction of sp³-hybridized carbons (Fsp3) is 0.714. The number of rotatable bonds is 3. The molecule has 0 N–H and O–H groups in total. The van der Waals surface area contributed by atoms with Crippen LogP contribution in [-0.4, -0.2) is 25.5 Å². The first-order valence-corrected chi connectivity index (χ1v) is 3.10. The molecule has 9 heavy (non-hydrogen) atoms. The van der Waals surface area contributed by atoms with Gasteiger partial charge in [0.25, 0.3) is 0 Å². The van der Waals surface area contributed by atoms with Crippen molar-refractivity contribution < 1.29 is 4.39 Å². The zero-order valence-electron chi connectivity index (χ0n) is 6.32. The minimum absolute atomic E-state index is 0.0862. The van der Waals surface area contributed by atoms with Gasteiger partial charge in [-0.05, 0) is 27.4 Å². The lowest BCUT2D eigenvalue weighted by atomic mass is 10.3. The van der Waals surface area contributed by atoms with Crippen LogP contribution >= 0.6 is 0 Å². The number of allylic oxidation sites excluding steroid dienone is 1. The summed E-state index contributed by atoms with van der Waals surface area (Å²) in [6.45, 7) is 2.39. The topological polar surface area (TPSA) is 3.24 Å². The van der Waals surface area contributed by atoms with Crippen LogP contribution in [0.5, 0.6) is 0 Å². The maximum Gasteiger partial charge on any atom is 0.0929 e. The number of hydrogen-bond acceptors (Lipinski definition) is 1. The van der Waals surface area contributed by atoms with Crippen molar-refractivity contribution in [3.05, 3.63) is 11.9 Å². The molecule has 2 heteroatoms. The first-order valence-electron chi connectivity index (χ1n) is 3.10. The smallest absolute Gasteiger partial charge is 0.0929 e. The van der Waals surface area contributed by atoms with Crippen molar-refractivity contribution in [2.45, 2.75) is 13.3 Å². The lowest BCUT2D eigenvalue weighted by Crippen LogP contribution is -2.11. The van der Waals surface area contributed by atoms with Gasteiger partial charge >= 0.3 is 0 Å². The quantitative estimate of drug-likeness (QED) is 0.564. The Morgan fingerprint density at radius 2 is 2.11 bits per heavy atom. The van der Waals surface area contributed by atoms with Crippen molar-refractivity contribution in [2.75, 3.05) is 20.6 Å². The summed E-state index contributed by atoms with van der Waals surface area (Å²) in [5.74, 6) is -0.0862. The summed E-state index contributed by atoms with van der Waals surface area (Å²) in [5, 5.41) is 0. The van der Waals surface area contributed by atoms with Crippen LogP contribution in [0.3, 0.4) is 0 Å². The maximum atomic E-state index is 12.0. The van der Waals surface area contributed by atoms with E-state index in [1.807, 2.05) is 19.0 Å². The van der Waals surface area contributed by atoms with Crippen molar-refractivity contribution in [2.24, 2.45) is 0 Å². The normalized spacial score (nSPS) is 12.8. The molecule has 1 nitrogen and oxygen atoms in total. The van der Waals surface area contributed by atoms with E-state index in [9.17, 15) is 4.39 Å². The lowest BCUT2D eigenvalue weighted by molar-refractivity contribution is 0.415. The fourth-order valence-electron chi connectivity index (χ4n) is 0.522. The molecule has 0 aromatic rings. The van der Waals surface area contributed by atoms with Gasteiger partial charge in [-0.2, -0.15) is 0 Å². The third kappa shape index (κ3) is 7.63. The van der Waals surface area contributed by atoms with Crippen LogP contribution in [0, 0.1) is 0 Å². The molecular formula is C7H14FN. The summed E-state index contributed by atoms with van der Waals surface area (Å²) in [7, 11) is 3.95. The van der Waals surface area contributed by atoms with E-state index in [4.69, 9.17) is 0 Å². The maximum absolute atomic E-state index is 12.0. The van der Waals surface area contributed by atoms with E-state index in [1.165, 1.54) is 6.92 Å². The Bertz CT molecular complexity index is 93.1. The highest BCUT2D eigenvalue weighted by atomic mass is 19.1. The van der Waals surface area contributed by atoms with Crippen LogP contribution in [0.1, 0.15) is 13.3 Å². The van der Waals surface area contributed by atoms with Gasteiger partial charge in [-0.15, -0.1) is 0 Å². The molecule has 0 unspecified atom stereocenters. The van der Waals surface area contributed by atoms with Gasteiger partial charge in [0, 0.05) is 6.54 Å². The van der Waals surface area contributed by atoms with E-state index in [-0.39, 0.29) is 5.83 Å². The van der Waals surface area contributed by atoms with Gasteiger partial charge in [0.05, 0.1) is 5.83 Å². The third-order valence-electron chi connectivity index (χ3n) is 1.00. The highest BCUT2D eigenvalue weighted by molar-refractivity contribution is 4.86. The number of hydrogen-bond donors (Lipinski definition) is 0. The second kappa shape index (κ2) is 4.50. The molecule has 0 aromatic carbocycles. The second-order valence-electron chi connectivity index (χ2n) is 2.38. The molecule has 0 aromatic heterocycles. The van der Waals surface area contributed by atoms with Crippen LogP contribution < -0.4 is 0 Å². The summed E-state index contributed by atoms with van der Waals surface area (Å²) < 4.78 is 12.0. The van der Waals surface area contributed by atoms with Gasteiger partial charge in [0.1, 0.15) is 0 Å². The van der Waals surface area contributed by atoms with E-state index < -0.39 is 0 Å². The Hall–Kier alpha value is -0.370. The van der Waals surface area contributed by atoms with Crippen LogP contribution in [0.4, 0.5) is 4.39 Å². The zero-order valence-corrected chi connectivity index (χ0v) is 6.32. The SMILES string of the molecule is C/C(F)=C\CCN(C)C. The van der Waals surface area contributed by atoms with Gasteiger partial charge in [0.15, 0.2) is 0 Å². The summed E-state index contributed by atoms with van der Waals surface area (Å²) in [6, 6.07) is 0. The average Bonchev–Trinajstić information content (AvgIpc) is 1.63. The van der Waals surface area contributed by atoms with E-state index in [0.717, 1.165) is 13.0 Å². The monoisotopic (exact) mass is 131 g/mol. The van der Waals surface area contributed by atoms with E-state index in [1.54, 1.807) is 6.08 Å². The van der Waals surface area contributed by atoms with Gasteiger partial charge in [-0.3, -0.25) is 0 Å². The average molecular weight is 131 g/mol. The summed E-state index contributed by atoms with van der Waals surface area (Å²) in [5.41, 5.74) is 0. The molecule has 0 atom stereocenters. The van der Waals surface area contributed by atoms with E-state index in [2.05, 4.69) is 0 Å². The molecule has 0 aliphatic carbocycles. The first-order chi connectivity index (χ1) is 4.13. The first kappa shape index (κ1) is 8.63. The highest BCUT2D eigenvalue weighted by Gasteiger charge is 1.86. The molecule has 0 radical (unpaired) electrons. The molecule has 0 fully saturated rings. The molecule has 0 aliphatic heterocycles. The van der Waals surface area contributed by atoms with Gasteiger partial charge in [-0.25, -0.2) is 4.39 Å². The summed E-state index contributed by atoms with van der Waals surface area (Å²) in [6.07, 6.45) is 2.40. The largest absolute Gasteiger partial charge is 0.309 e. The van der Waals surface area contributed by atoms with E-state index in [0.29, 0.717) is 0 Å². The summed E-state index contributed by atoms with van der Waals surface area (Å²) >= 11 is 0. The van der Waals surface area contributed by atoms with E-state index >= 15 is 0 Å². The van der Waals surface area contributed by atoms with Crippen LogP contribution in [0.15, 0.2) is 11.9 Å². The number of halogens is 1. The predicted octanol–water partition coefficient (Wildman–Crippen LogP) is 1.81. The van der Waals surface area contributed by atoms with Crippen LogP contribution in [0.25, 0.3) is 0 Å². The highest BCUT2D eigenvalue weighted by Crippen LogP contribution is 1.95. The fourth-order valence-corrected chi connectivity index (χ4v) is 0.522. The lowest BCUT2D eigenvalue weighted by Gasteiger charge is -2.05. The molecule has 54 valence electrons. The van der Waals surface area contributed by atoms with Gasteiger partial charge in [0.2, 0.25) is 0 Å². The Morgan fingerprint density at radius 3 is 2.44 bits per heavy atom. The third-order valence-corrected chi connectivity index (χ3v) is 1.00. The van der Waals surface area contributed by atoms with Crippen LogP contribution in [0.2, 0.25) is 0 Å². The van der Waals surface area contributed by atoms with Crippen molar-refractivity contribution in [3.8, 4) is 0 Å². The molecule has 0 spiro atoms. The molecule has 0 saturated heterocycles. The Kier molecular flexibility index (Phi) is 4.32. The zero-order chi connectivity index (χ0) is 7.28. The Labute approximate surface area is 56.2 Å². The predicted molar refractivity (Wildman–Crippen MR) is 38.0 cm³/mol. The number of nitrogens with zero attached hydrogens (tertiary/aromatic N) is 1. The van der Waals surface area contributed by atoms with Crippen molar-refractivity contribution in [3.63, 3.8) is 0 Å². The molecule has 0 heterocycles. The van der Waals surface area contributed by atoms with Crippen molar-refractivity contribution >= 4 is 0 Å².